The van der Waals surface area contributed by atoms with E-state index in [1.54, 1.807) is 0 Å². The van der Waals surface area contributed by atoms with Crippen molar-refractivity contribution >= 4 is 5.82 Å². The molecule has 1 aromatic carbocycles. The van der Waals surface area contributed by atoms with Gasteiger partial charge in [0.2, 0.25) is 0 Å². The zero-order chi connectivity index (χ0) is 15.5. The van der Waals surface area contributed by atoms with E-state index in [1.807, 2.05) is 23.0 Å². The lowest BCUT2D eigenvalue weighted by atomic mass is 10.2. The summed E-state index contributed by atoms with van der Waals surface area (Å²) >= 11 is 0. The number of hydrogen-bond acceptors (Lipinski definition) is 4. The van der Waals surface area contributed by atoms with Crippen molar-refractivity contribution in [3.05, 3.63) is 42.1 Å². The minimum atomic E-state index is 0.526. The Kier molecular flexibility index (Phi) is 4.45. The highest BCUT2D eigenvalue weighted by atomic mass is 15.4. The van der Waals surface area contributed by atoms with Crippen LogP contribution in [0.5, 0.6) is 0 Å². The maximum atomic E-state index is 5.82. The van der Waals surface area contributed by atoms with Gasteiger partial charge in [-0.3, -0.25) is 4.90 Å². The van der Waals surface area contributed by atoms with E-state index < -0.39 is 0 Å². The second-order valence-electron chi connectivity index (χ2n) is 6.07. The largest absolute Gasteiger partial charge is 0.353 e. The van der Waals surface area contributed by atoms with Gasteiger partial charge in [-0.1, -0.05) is 18.2 Å². The number of anilines is 1. The summed E-state index contributed by atoms with van der Waals surface area (Å²) in [4.78, 5) is 4.87. The van der Waals surface area contributed by atoms with Gasteiger partial charge in [-0.05, 0) is 25.5 Å². The second kappa shape index (κ2) is 6.50. The average Bonchev–Trinajstić information content (AvgIpc) is 3.04. The van der Waals surface area contributed by atoms with Crippen molar-refractivity contribution in [1.29, 1.82) is 0 Å². The number of para-hydroxylation sites is 1. The van der Waals surface area contributed by atoms with Gasteiger partial charge in [0.1, 0.15) is 0 Å². The molecule has 1 aliphatic rings. The molecule has 0 spiro atoms. The van der Waals surface area contributed by atoms with Crippen molar-refractivity contribution in [3.63, 3.8) is 0 Å². The third-order valence-electron chi connectivity index (χ3n) is 4.40. The SMILES string of the molecule is CC(C)N1CCN(c2ccn(-c3ccccc3CN)n2)CC1. The first-order valence-corrected chi connectivity index (χ1v) is 8.02. The minimum Gasteiger partial charge on any atom is -0.353 e. The van der Waals surface area contributed by atoms with Crippen LogP contribution in [0.2, 0.25) is 0 Å². The van der Waals surface area contributed by atoms with E-state index in [9.17, 15) is 0 Å². The van der Waals surface area contributed by atoms with Crippen molar-refractivity contribution in [2.45, 2.75) is 26.4 Å². The molecule has 1 saturated heterocycles. The number of benzene rings is 1. The molecule has 0 amide bonds. The third kappa shape index (κ3) is 3.00. The van der Waals surface area contributed by atoms with Crippen LogP contribution in [0, 0.1) is 0 Å². The minimum absolute atomic E-state index is 0.526. The molecule has 0 unspecified atom stereocenters. The van der Waals surface area contributed by atoms with E-state index >= 15 is 0 Å². The van der Waals surface area contributed by atoms with E-state index in [-0.39, 0.29) is 0 Å². The summed E-state index contributed by atoms with van der Waals surface area (Å²) < 4.78 is 1.94. The highest BCUT2D eigenvalue weighted by Gasteiger charge is 2.20. The molecule has 0 bridgehead atoms. The molecule has 0 aliphatic carbocycles. The lowest BCUT2D eigenvalue weighted by molar-refractivity contribution is 0.209. The van der Waals surface area contributed by atoms with Crippen molar-refractivity contribution in [2.75, 3.05) is 31.1 Å². The maximum absolute atomic E-state index is 5.82. The Morgan fingerprint density at radius 2 is 1.82 bits per heavy atom. The number of hydrogen-bond donors (Lipinski definition) is 1. The van der Waals surface area contributed by atoms with Gasteiger partial charge in [-0.25, -0.2) is 4.68 Å². The summed E-state index contributed by atoms with van der Waals surface area (Å²) in [6, 6.07) is 10.9. The van der Waals surface area contributed by atoms with Gasteiger partial charge in [0, 0.05) is 51.0 Å². The first-order valence-electron chi connectivity index (χ1n) is 8.02. The molecule has 1 aliphatic heterocycles. The van der Waals surface area contributed by atoms with Gasteiger partial charge in [-0.2, -0.15) is 5.10 Å². The van der Waals surface area contributed by atoms with E-state index in [1.165, 1.54) is 0 Å². The molecule has 2 heterocycles. The third-order valence-corrected chi connectivity index (χ3v) is 4.40. The van der Waals surface area contributed by atoms with Gasteiger partial charge < -0.3 is 10.6 Å². The number of aromatic nitrogens is 2. The normalized spacial score (nSPS) is 16.5. The molecular formula is C17H25N5. The zero-order valence-corrected chi connectivity index (χ0v) is 13.4. The Morgan fingerprint density at radius 1 is 1.09 bits per heavy atom. The van der Waals surface area contributed by atoms with Gasteiger partial charge >= 0.3 is 0 Å². The van der Waals surface area contributed by atoms with Crippen molar-refractivity contribution in [1.82, 2.24) is 14.7 Å². The quantitative estimate of drug-likeness (QED) is 0.936. The van der Waals surface area contributed by atoms with Crippen LogP contribution in [-0.4, -0.2) is 46.9 Å². The summed E-state index contributed by atoms with van der Waals surface area (Å²) in [6.45, 7) is 9.32. The lowest BCUT2D eigenvalue weighted by Gasteiger charge is -2.37. The van der Waals surface area contributed by atoms with Crippen molar-refractivity contribution in [3.8, 4) is 5.69 Å². The molecular weight excluding hydrogens is 274 g/mol. The second-order valence-corrected chi connectivity index (χ2v) is 6.07. The van der Waals surface area contributed by atoms with Crippen LogP contribution in [-0.2, 0) is 6.54 Å². The monoisotopic (exact) mass is 299 g/mol. The Labute approximate surface area is 132 Å². The number of nitrogens with zero attached hydrogens (tertiary/aromatic N) is 4. The van der Waals surface area contributed by atoms with Crippen molar-refractivity contribution in [2.24, 2.45) is 5.73 Å². The molecule has 0 saturated carbocycles. The molecule has 118 valence electrons. The molecule has 1 fully saturated rings. The van der Waals surface area contributed by atoms with Crippen LogP contribution in [0.4, 0.5) is 5.82 Å². The van der Waals surface area contributed by atoms with Gasteiger partial charge in [0.25, 0.3) is 0 Å². The Hall–Kier alpha value is -1.85. The summed E-state index contributed by atoms with van der Waals surface area (Å²) in [5.74, 6) is 1.05. The van der Waals surface area contributed by atoms with Crippen LogP contribution < -0.4 is 10.6 Å². The molecule has 2 N–H and O–H groups in total. The van der Waals surface area contributed by atoms with Gasteiger partial charge in [0.15, 0.2) is 5.82 Å². The molecule has 0 atom stereocenters. The van der Waals surface area contributed by atoms with E-state index in [2.05, 4.69) is 41.8 Å². The number of piperazine rings is 1. The standard InChI is InChI=1S/C17H25N5/c1-14(2)20-9-11-21(12-10-20)17-7-8-22(19-17)16-6-4-3-5-15(16)13-18/h3-8,14H,9-13,18H2,1-2H3. The van der Waals surface area contributed by atoms with Gasteiger partial charge in [-0.15, -0.1) is 0 Å². The van der Waals surface area contributed by atoms with Crippen LogP contribution in [0.1, 0.15) is 19.4 Å². The number of nitrogens with two attached hydrogens (primary N) is 1. The Balaban J connectivity index is 1.75. The van der Waals surface area contributed by atoms with Crippen LogP contribution in [0.3, 0.4) is 0 Å². The first-order chi connectivity index (χ1) is 10.7. The number of rotatable bonds is 4. The fraction of sp³-hybridized carbons (Fsp3) is 0.471. The Bertz CT molecular complexity index is 611. The average molecular weight is 299 g/mol. The summed E-state index contributed by atoms with van der Waals surface area (Å²) in [5.41, 5.74) is 8.00. The maximum Gasteiger partial charge on any atom is 0.151 e. The zero-order valence-electron chi connectivity index (χ0n) is 13.4. The molecule has 5 heteroatoms. The van der Waals surface area contributed by atoms with E-state index in [4.69, 9.17) is 10.8 Å². The topological polar surface area (TPSA) is 50.3 Å². The van der Waals surface area contributed by atoms with E-state index in [0.717, 1.165) is 43.2 Å². The van der Waals surface area contributed by atoms with Gasteiger partial charge in [0.05, 0.1) is 5.69 Å². The van der Waals surface area contributed by atoms with Crippen LogP contribution >= 0.6 is 0 Å². The molecule has 5 nitrogen and oxygen atoms in total. The predicted molar refractivity (Wildman–Crippen MR) is 90.4 cm³/mol. The first kappa shape index (κ1) is 15.1. The fourth-order valence-electron chi connectivity index (χ4n) is 2.99. The van der Waals surface area contributed by atoms with E-state index in [0.29, 0.717) is 12.6 Å². The molecule has 2 aromatic rings. The molecule has 22 heavy (non-hydrogen) atoms. The Morgan fingerprint density at radius 3 is 2.50 bits per heavy atom. The summed E-state index contributed by atoms with van der Waals surface area (Å²) in [5, 5.41) is 4.75. The summed E-state index contributed by atoms with van der Waals surface area (Å²) in [7, 11) is 0. The highest BCUT2D eigenvalue weighted by molar-refractivity contribution is 5.44. The van der Waals surface area contributed by atoms with Crippen molar-refractivity contribution < 1.29 is 0 Å². The predicted octanol–water partition coefficient (Wildman–Crippen LogP) is 1.86. The molecule has 3 rings (SSSR count). The molecule has 1 aromatic heterocycles. The van der Waals surface area contributed by atoms with Crippen LogP contribution in [0.25, 0.3) is 5.69 Å². The fourth-order valence-corrected chi connectivity index (χ4v) is 2.99. The highest BCUT2D eigenvalue weighted by Crippen LogP contribution is 2.19. The van der Waals surface area contributed by atoms with Crippen LogP contribution in [0.15, 0.2) is 36.5 Å². The smallest absolute Gasteiger partial charge is 0.151 e. The molecule has 0 radical (unpaired) electrons. The summed E-state index contributed by atoms with van der Waals surface area (Å²) in [6.07, 6.45) is 2.03. The lowest BCUT2D eigenvalue weighted by Crippen LogP contribution is -2.49.